The summed E-state index contributed by atoms with van der Waals surface area (Å²) < 4.78 is 10.6. The average molecular weight is 200 g/mol. The van der Waals surface area contributed by atoms with Gasteiger partial charge >= 0.3 is 0 Å². The zero-order chi connectivity index (χ0) is 9.86. The first-order valence-electron chi connectivity index (χ1n) is 5.66. The van der Waals surface area contributed by atoms with Gasteiger partial charge in [0, 0.05) is 26.4 Å². The molecule has 2 rings (SSSR count). The Balaban J connectivity index is 1.81. The Morgan fingerprint density at radius 3 is 2.21 bits per heavy atom. The van der Waals surface area contributed by atoms with E-state index in [9.17, 15) is 5.11 Å². The van der Waals surface area contributed by atoms with Gasteiger partial charge in [0.05, 0.1) is 5.60 Å². The topological polar surface area (TPSA) is 38.7 Å². The van der Waals surface area contributed by atoms with Gasteiger partial charge in [0.15, 0.2) is 0 Å². The fourth-order valence-corrected chi connectivity index (χ4v) is 2.44. The van der Waals surface area contributed by atoms with Crippen molar-refractivity contribution in [3.05, 3.63) is 0 Å². The molecule has 3 heteroatoms. The summed E-state index contributed by atoms with van der Waals surface area (Å²) in [6.07, 6.45) is 4.79. The highest BCUT2D eigenvalue weighted by molar-refractivity contribution is 4.84. The molecule has 0 atom stereocenters. The number of ether oxygens (including phenoxy) is 2. The standard InChI is InChI=1S/C11H20O3/c12-11(3-7-14-8-4-11)9-10-1-5-13-6-2-10/h10,12H,1-9H2. The van der Waals surface area contributed by atoms with Crippen LogP contribution in [0.25, 0.3) is 0 Å². The molecule has 1 N–H and O–H groups in total. The van der Waals surface area contributed by atoms with Crippen LogP contribution in [0.15, 0.2) is 0 Å². The molecule has 0 aromatic heterocycles. The maximum atomic E-state index is 10.3. The van der Waals surface area contributed by atoms with Crippen LogP contribution in [-0.2, 0) is 9.47 Å². The molecule has 0 bridgehead atoms. The van der Waals surface area contributed by atoms with Gasteiger partial charge in [-0.1, -0.05) is 0 Å². The molecule has 0 amide bonds. The summed E-state index contributed by atoms with van der Waals surface area (Å²) in [5, 5.41) is 10.3. The van der Waals surface area contributed by atoms with Gasteiger partial charge in [-0.3, -0.25) is 0 Å². The van der Waals surface area contributed by atoms with E-state index < -0.39 is 5.60 Å². The van der Waals surface area contributed by atoms with Crippen molar-refractivity contribution < 1.29 is 14.6 Å². The van der Waals surface area contributed by atoms with Gasteiger partial charge in [0.1, 0.15) is 0 Å². The van der Waals surface area contributed by atoms with E-state index in [2.05, 4.69) is 0 Å². The Morgan fingerprint density at radius 2 is 1.57 bits per heavy atom. The molecule has 0 aromatic rings. The molecule has 14 heavy (non-hydrogen) atoms. The van der Waals surface area contributed by atoms with E-state index in [0.29, 0.717) is 5.92 Å². The van der Waals surface area contributed by atoms with Crippen LogP contribution in [0.3, 0.4) is 0 Å². The Hall–Kier alpha value is -0.120. The molecule has 82 valence electrons. The molecule has 2 aliphatic rings. The molecular formula is C11H20O3. The van der Waals surface area contributed by atoms with Crippen LogP contribution in [0.2, 0.25) is 0 Å². The lowest BCUT2D eigenvalue weighted by Crippen LogP contribution is -2.38. The molecule has 0 spiro atoms. The highest BCUT2D eigenvalue weighted by Gasteiger charge is 2.33. The van der Waals surface area contributed by atoms with Crippen molar-refractivity contribution in [2.75, 3.05) is 26.4 Å². The number of hydrogen-bond donors (Lipinski definition) is 1. The van der Waals surface area contributed by atoms with Crippen LogP contribution in [0.5, 0.6) is 0 Å². The summed E-state index contributed by atoms with van der Waals surface area (Å²) in [6.45, 7) is 3.19. The highest BCUT2D eigenvalue weighted by Crippen LogP contribution is 2.31. The Bertz CT molecular complexity index is 169. The maximum absolute atomic E-state index is 10.3. The second-order valence-corrected chi connectivity index (χ2v) is 4.60. The zero-order valence-electron chi connectivity index (χ0n) is 8.71. The van der Waals surface area contributed by atoms with Crippen molar-refractivity contribution in [2.24, 2.45) is 5.92 Å². The van der Waals surface area contributed by atoms with E-state index in [4.69, 9.17) is 9.47 Å². The predicted molar refractivity (Wildman–Crippen MR) is 53.2 cm³/mol. The first-order valence-corrected chi connectivity index (χ1v) is 5.66. The van der Waals surface area contributed by atoms with Crippen LogP contribution in [0, 0.1) is 5.92 Å². The number of hydrogen-bond acceptors (Lipinski definition) is 3. The predicted octanol–water partition coefficient (Wildman–Crippen LogP) is 1.34. The minimum atomic E-state index is -0.444. The average Bonchev–Trinajstić information content (AvgIpc) is 2.19. The summed E-state index contributed by atoms with van der Waals surface area (Å²) >= 11 is 0. The fourth-order valence-electron chi connectivity index (χ4n) is 2.44. The molecule has 0 aromatic carbocycles. The van der Waals surface area contributed by atoms with Crippen LogP contribution in [0.4, 0.5) is 0 Å². The second kappa shape index (κ2) is 4.60. The lowest BCUT2D eigenvalue weighted by Gasteiger charge is -2.36. The summed E-state index contributed by atoms with van der Waals surface area (Å²) in [4.78, 5) is 0. The van der Waals surface area contributed by atoms with Crippen molar-refractivity contribution in [1.82, 2.24) is 0 Å². The molecular weight excluding hydrogens is 180 g/mol. The first-order chi connectivity index (χ1) is 6.79. The van der Waals surface area contributed by atoms with Gasteiger partial charge < -0.3 is 14.6 Å². The number of rotatable bonds is 2. The van der Waals surface area contributed by atoms with E-state index in [1.807, 2.05) is 0 Å². The minimum Gasteiger partial charge on any atom is -0.390 e. The van der Waals surface area contributed by atoms with Crippen molar-refractivity contribution >= 4 is 0 Å². The summed E-state index contributed by atoms with van der Waals surface area (Å²) in [5.74, 6) is 0.659. The maximum Gasteiger partial charge on any atom is 0.0694 e. The minimum absolute atomic E-state index is 0.444. The van der Waals surface area contributed by atoms with Gasteiger partial charge in [-0.25, -0.2) is 0 Å². The highest BCUT2D eigenvalue weighted by atomic mass is 16.5. The second-order valence-electron chi connectivity index (χ2n) is 4.60. The molecule has 0 unspecified atom stereocenters. The van der Waals surface area contributed by atoms with E-state index in [1.54, 1.807) is 0 Å². The third-order valence-corrected chi connectivity index (χ3v) is 3.43. The first kappa shape index (κ1) is 10.4. The van der Waals surface area contributed by atoms with Crippen molar-refractivity contribution in [3.8, 4) is 0 Å². The van der Waals surface area contributed by atoms with E-state index >= 15 is 0 Å². The SMILES string of the molecule is OC1(CC2CCOCC2)CCOCC1. The van der Waals surface area contributed by atoms with E-state index in [1.165, 1.54) is 0 Å². The zero-order valence-corrected chi connectivity index (χ0v) is 8.71. The molecule has 0 aliphatic carbocycles. The molecule has 2 saturated heterocycles. The van der Waals surface area contributed by atoms with Crippen LogP contribution < -0.4 is 0 Å². The fraction of sp³-hybridized carbons (Fsp3) is 1.00. The molecule has 2 aliphatic heterocycles. The van der Waals surface area contributed by atoms with Crippen LogP contribution >= 0.6 is 0 Å². The van der Waals surface area contributed by atoms with Crippen LogP contribution in [0.1, 0.15) is 32.1 Å². The van der Waals surface area contributed by atoms with Gasteiger partial charge in [-0.15, -0.1) is 0 Å². The van der Waals surface area contributed by atoms with Gasteiger partial charge in [0.25, 0.3) is 0 Å². The van der Waals surface area contributed by atoms with Gasteiger partial charge in [-0.05, 0) is 38.0 Å². The van der Waals surface area contributed by atoms with Crippen LogP contribution in [-0.4, -0.2) is 37.1 Å². The third-order valence-electron chi connectivity index (χ3n) is 3.43. The largest absolute Gasteiger partial charge is 0.390 e. The van der Waals surface area contributed by atoms with Crippen molar-refractivity contribution in [1.29, 1.82) is 0 Å². The molecule has 2 fully saturated rings. The quantitative estimate of drug-likeness (QED) is 0.731. The normalized spacial score (nSPS) is 28.9. The van der Waals surface area contributed by atoms with Gasteiger partial charge in [-0.2, -0.15) is 0 Å². The third kappa shape index (κ3) is 2.69. The summed E-state index contributed by atoms with van der Waals surface area (Å²) in [7, 11) is 0. The van der Waals surface area contributed by atoms with E-state index in [0.717, 1.165) is 58.5 Å². The Morgan fingerprint density at radius 1 is 1.00 bits per heavy atom. The molecule has 0 saturated carbocycles. The Labute approximate surface area is 85.4 Å². The van der Waals surface area contributed by atoms with Crippen molar-refractivity contribution in [3.63, 3.8) is 0 Å². The van der Waals surface area contributed by atoms with Gasteiger partial charge in [0.2, 0.25) is 0 Å². The summed E-state index contributed by atoms with van der Waals surface area (Å²) in [5.41, 5.74) is -0.444. The Kier molecular flexibility index (Phi) is 3.42. The smallest absolute Gasteiger partial charge is 0.0694 e. The molecule has 0 radical (unpaired) electrons. The lowest BCUT2D eigenvalue weighted by molar-refractivity contribution is -0.0838. The molecule has 3 nitrogen and oxygen atoms in total. The lowest BCUT2D eigenvalue weighted by atomic mass is 9.81. The molecule has 2 heterocycles. The number of aliphatic hydroxyl groups is 1. The summed E-state index contributed by atoms with van der Waals surface area (Å²) in [6, 6.07) is 0. The van der Waals surface area contributed by atoms with E-state index in [-0.39, 0.29) is 0 Å². The van der Waals surface area contributed by atoms with Crippen molar-refractivity contribution in [2.45, 2.75) is 37.7 Å². The monoisotopic (exact) mass is 200 g/mol.